The lowest BCUT2D eigenvalue weighted by Gasteiger charge is -2.22. The number of para-hydroxylation sites is 1. The second kappa shape index (κ2) is 9.85. The Balaban J connectivity index is 1.64. The zero-order chi connectivity index (χ0) is 25.4. The van der Waals surface area contributed by atoms with Crippen LogP contribution < -0.4 is 15.1 Å². The van der Waals surface area contributed by atoms with Crippen molar-refractivity contribution in [2.75, 3.05) is 11.5 Å². The molecule has 0 spiro atoms. The van der Waals surface area contributed by atoms with Crippen molar-refractivity contribution in [1.29, 1.82) is 0 Å². The third-order valence-electron chi connectivity index (χ3n) is 6.16. The number of rotatable bonds is 8. The van der Waals surface area contributed by atoms with Crippen molar-refractivity contribution >= 4 is 33.3 Å². The summed E-state index contributed by atoms with van der Waals surface area (Å²) in [6.45, 7) is 9.11. The first-order valence-electron chi connectivity index (χ1n) is 12.3. The van der Waals surface area contributed by atoms with E-state index >= 15 is 0 Å². The molecular formula is C28H29N3O4S. The van der Waals surface area contributed by atoms with E-state index in [1.165, 1.54) is 11.3 Å². The molecular weight excluding hydrogens is 474 g/mol. The molecule has 1 aliphatic heterocycles. The van der Waals surface area contributed by atoms with Gasteiger partial charge in [-0.2, -0.15) is 0 Å². The molecule has 4 aromatic rings. The number of hydrogen-bond donors (Lipinski definition) is 0. The van der Waals surface area contributed by atoms with Crippen molar-refractivity contribution in [2.45, 2.75) is 46.6 Å². The molecule has 3 heterocycles. The average molecular weight is 504 g/mol. The topological polar surface area (TPSA) is 85.5 Å². The first-order valence-corrected chi connectivity index (χ1v) is 13.1. The number of aromatic nitrogens is 2. The smallest absolute Gasteiger partial charge is 0.297 e. The number of ether oxygens (including phenoxy) is 1. The van der Waals surface area contributed by atoms with Crippen LogP contribution in [0.3, 0.4) is 0 Å². The van der Waals surface area contributed by atoms with Crippen molar-refractivity contribution < 1.29 is 13.9 Å². The number of benzene rings is 2. The molecule has 1 atom stereocenters. The van der Waals surface area contributed by atoms with E-state index in [4.69, 9.17) is 9.15 Å². The number of hydrogen-bond acceptors (Lipinski definition) is 7. The van der Waals surface area contributed by atoms with Crippen molar-refractivity contribution in [1.82, 2.24) is 10.2 Å². The van der Waals surface area contributed by atoms with Gasteiger partial charge in [-0.1, -0.05) is 63.3 Å². The molecule has 0 saturated heterocycles. The molecule has 0 saturated carbocycles. The fraction of sp³-hybridized carbons (Fsp3) is 0.357. The first kappa shape index (κ1) is 24.2. The molecule has 36 heavy (non-hydrogen) atoms. The van der Waals surface area contributed by atoms with Gasteiger partial charge in [0.05, 0.1) is 23.6 Å². The van der Waals surface area contributed by atoms with Gasteiger partial charge in [0, 0.05) is 6.42 Å². The van der Waals surface area contributed by atoms with Crippen LogP contribution in [-0.2, 0) is 6.42 Å². The normalized spacial score (nSPS) is 15.3. The molecule has 7 nitrogen and oxygen atoms in total. The summed E-state index contributed by atoms with van der Waals surface area (Å²) in [7, 11) is 0. The molecule has 2 aromatic carbocycles. The maximum absolute atomic E-state index is 13.7. The summed E-state index contributed by atoms with van der Waals surface area (Å²) < 4.78 is 12.0. The van der Waals surface area contributed by atoms with E-state index in [0.29, 0.717) is 45.9 Å². The maximum atomic E-state index is 13.7. The number of anilines is 1. The van der Waals surface area contributed by atoms with Gasteiger partial charge in [-0.25, -0.2) is 0 Å². The molecule has 0 aliphatic carbocycles. The van der Waals surface area contributed by atoms with E-state index in [2.05, 4.69) is 37.9 Å². The standard InChI is InChI=1S/C28H29N3O4S/c1-16(2)12-13-34-19-9-7-8-18(15-19)24-23-25(32)20-10-5-6-11-21(20)35-26(23)27(33)31(24)28-30-29-22(36-28)14-17(3)4/h5-11,15-17,24H,12-14H2,1-4H3. The quantitative estimate of drug-likeness (QED) is 0.292. The number of carbonyl (C=O) groups excluding carboxylic acids is 1. The second-order valence-corrected chi connectivity index (χ2v) is 11.0. The first-order chi connectivity index (χ1) is 17.3. The van der Waals surface area contributed by atoms with Gasteiger partial charge in [0.15, 0.2) is 5.43 Å². The highest BCUT2D eigenvalue weighted by Gasteiger charge is 2.45. The molecule has 0 fully saturated rings. The minimum absolute atomic E-state index is 0.0513. The van der Waals surface area contributed by atoms with Crippen LogP contribution in [0, 0.1) is 11.8 Å². The molecule has 0 N–H and O–H groups in total. The van der Waals surface area contributed by atoms with Gasteiger partial charge in [0.2, 0.25) is 10.9 Å². The predicted octanol–water partition coefficient (Wildman–Crippen LogP) is 6.02. The van der Waals surface area contributed by atoms with E-state index in [1.807, 2.05) is 24.3 Å². The van der Waals surface area contributed by atoms with E-state index in [0.717, 1.165) is 23.4 Å². The Morgan fingerprint density at radius 3 is 2.61 bits per heavy atom. The van der Waals surface area contributed by atoms with Crippen LogP contribution in [0.25, 0.3) is 11.0 Å². The van der Waals surface area contributed by atoms with Crippen LogP contribution in [0.1, 0.15) is 66.8 Å². The molecule has 186 valence electrons. The SMILES string of the molecule is CC(C)CCOc1cccc(C2c3c(oc4ccccc4c3=O)C(=O)N2c2nnc(CC(C)C)s2)c1. The van der Waals surface area contributed by atoms with Crippen LogP contribution in [0.2, 0.25) is 0 Å². The highest BCUT2D eigenvalue weighted by atomic mass is 32.1. The van der Waals surface area contributed by atoms with Gasteiger partial charge in [-0.3, -0.25) is 14.5 Å². The minimum atomic E-state index is -0.693. The summed E-state index contributed by atoms with van der Waals surface area (Å²) >= 11 is 1.37. The lowest BCUT2D eigenvalue weighted by atomic mass is 9.98. The summed E-state index contributed by atoms with van der Waals surface area (Å²) in [4.78, 5) is 29.0. The molecule has 2 aromatic heterocycles. The van der Waals surface area contributed by atoms with E-state index in [-0.39, 0.29) is 11.2 Å². The molecule has 0 bridgehead atoms. The van der Waals surface area contributed by atoms with Gasteiger partial charge >= 0.3 is 0 Å². The van der Waals surface area contributed by atoms with E-state index in [1.54, 1.807) is 29.2 Å². The monoisotopic (exact) mass is 503 g/mol. The summed E-state index contributed by atoms with van der Waals surface area (Å²) in [6.07, 6.45) is 1.69. The minimum Gasteiger partial charge on any atom is -0.494 e. The Morgan fingerprint density at radius 2 is 1.83 bits per heavy atom. The van der Waals surface area contributed by atoms with Crippen LogP contribution in [0.15, 0.2) is 57.7 Å². The largest absolute Gasteiger partial charge is 0.494 e. The van der Waals surface area contributed by atoms with Crippen LogP contribution in [0.4, 0.5) is 5.13 Å². The third-order valence-corrected chi connectivity index (χ3v) is 7.11. The Hall–Kier alpha value is -3.52. The fourth-order valence-electron chi connectivity index (χ4n) is 4.39. The highest BCUT2D eigenvalue weighted by Crippen LogP contribution is 2.42. The van der Waals surface area contributed by atoms with E-state index in [9.17, 15) is 9.59 Å². The number of fused-ring (bicyclic) bond motifs is 2. The number of nitrogens with zero attached hydrogens (tertiary/aromatic N) is 3. The van der Waals surface area contributed by atoms with Crippen LogP contribution in [0.5, 0.6) is 5.75 Å². The summed E-state index contributed by atoms with van der Waals surface area (Å²) in [5.74, 6) is 1.28. The zero-order valence-corrected chi connectivity index (χ0v) is 21.7. The average Bonchev–Trinajstić information content (AvgIpc) is 3.41. The lowest BCUT2D eigenvalue weighted by Crippen LogP contribution is -2.29. The van der Waals surface area contributed by atoms with Crippen molar-refractivity contribution in [3.05, 3.63) is 80.6 Å². The maximum Gasteiger partial charge on any atom is 0.297 e. The molecule has 1 amide bonds. The van der Waals surface area contributed by atoms with Crippen molar-refractivity contribution in [2.24, 2.45) is 11.8 Å². The van der Waals surface area contributed by atoms with Crippen molar-refractivity contribution in [3.8, 4) is 5.75 Å². The van der Waals surface area contributed by atoms with E-state index < -0.39 is 11.9 Å². The third kappa shape index (κ3) is 4.53. The van der Waals surface area contributed by atoms with Gasteiger partial charge in [0.25, 0.3) is 5.91 Å². The van der Waals surface area contributed by atoms with Crippen LogP contribution in [-0.4, -0.2) is 22.7 Å². The molecule has 5 rings (SSSR count). The van der Waals surface area contributed by atoms with Crippen LogP contribution >= 0.6 is 11.3 Å². The van der Waals surface area contributed by atoms with Crippen molar-refractivity contribution in [3.63, 3.8) is 0 Å². The Bertz CT molecular complexity index is 1470. The second-order valence-electron chi connectivity index (χ2n) is 9.93. The number of carbonyl (C=O) groups is 1. The zero-order valence-electron chi connectivity index (χ0n) is 20.9. The fourth-order valence-corrected chi connectivity index (χ4v) is 5.47. The van der Waals surface area contributed by atoms with Gasteiger partial charge < -0.3 is 9.15 Å². The predicted molar refractivity (Wildman–Crippen MR) is 141 cm³/mol. The number of amides is 1. The highest BCUT2D eigenvalue weighted by molar-refractivity contribution is 7.15. The summed E-state index contributed by atoms with van der Waals surface area (Å²) in [5.41, 5.74) is 1.25. The molecule has 1 aliphatic rings. The Kier molecular flexibility index (Phi) is 6.62. The lowest BCUT2D eigenvalue weighted by molar-refractivity contribution is 0.0970. The Labute approximate surface area is 213 Å². The summed E-state index contributed by atoms with van der Waals surface area (Å²) in [5, 5.41) is 10.4. The van der Waals surface area contributed by atoms with Gasteiger partial charge in [-0.15, -0.1) is 10.2 Å². The summed E-state index contributed by atoms with van der Waals surface area (Å²) in [6, 6.07) is 13.9. The van der Waals surface area contributed by atoms with Gasteiger partial charge in [-0.05, 0) is 48.1 Å². The molecule has 8 heteroatoms. The Morgan fingerprint density at radius 1 is 1.03 bits per heavy atom. The molecule has 0 radical (unpaired) electrons. The molecule has 1 unspecified atom stereocenters. The van der Waals surface area contributed by atoms with Gasteiger partial charge in [0.1, 0.15) is 16.3 Å².